The van der Waals surface area contributed by atoms with E-state index in [0.29, 0.717) is 17.9 Å². The fourth-order valence-corrected chi connectivity index (χ4v) is 2.00. The largest absolute Gasteiger partial charge is 0.497 e. The summed E-state index contributed by atoms with van der Waals surface area (Å²) in [6, 6.07) is 13.3. The van der Waals surface area contributed by atoms with Crippen molar-refractivity contribution >= 4 is 5.91 Å². The van der Waals surface area contributed by atoms with Crippen LogP contribution in [0.5, 0.6) is 5.75 Å². The Kier molecular flexibility index (Phi) is 4.93. The third-order valence-corrected chi connectivity index (χ3v) is 3.36. The molecule has 0 fully saturated rings. The number of rotatable bonds is 5. The number of carbonyl (C=O) groups excluding carboxylic acids is 1. The van der Waals surface area contributed by atoms with Gasteiger partial charge in [0.05, 0.1) is 7.11 Å². The minimum atomic E-state index is -0.256. The average Bonchev–Trinajstić information content (AvgIpc) is 2.53. The number of halogens is 1. The normalized spacial score (nSPS) is 11.8. The molecule has 1 unspecified atom stereocenters. The van der Waals surface area contributed by atoms with Crippen molar-refractivity contribution in [3.05, 3.63) is 65.5 Å². The second-order valence-corrected chi connectivity index (χ2v) is 4.89. The highest BCUT2D eigenvalue weighted by molar-refractivity contribution is 5.94. The molecule has 0 aliphatic rings. The fourth-order valence-electron chi connectivity index (χ4n) is 2.00. The van der Waals surface area contributed by atoms with Crippen molar-refractivity contribution in [3.63, 3.8) is 0 Å². The minimum Gasteiger partial charge on any atom is -0.497 e. The third-order valence-electron chi connectivity index (χ3n) is 3.36. The highest BCUT2D eigenvalue weighted by Crippen LogP contribution is 2.15. The molecule has 1 N–H and O–H groups in total. The van der Waals surface area contributed by atoms with Gasteiger partial charge < -0.3 is 10.1 Å². The van der Waals surface area contributed by atoms with Crippen LogP contribution in [0.25, 0.3) is 0 Å². The molecule has 3 nitrogen and oxygen atoms in total. The monoisotopic (exact) mass is 287 g/mol. The van der Waals surface area contributed by atoms with Crippen molar-refractivity contribution in [1.29, 1.82) is 0 Å². The Morgan fingerprint density at radius 3 is 2.33 bits per heavy atom. The van der Waals surface area contributed by atoms with E-state index in [1.54, 1.807) is 43.5 Å². The molecule has 0 aliphatic carbocycles. The Labute approximate surface area is 123 Å². The van der Waals surface area contributed by atoms with Gasteiger partial charge in [-0.25, -0.2) is 4.39 Å². The van der Waals surface area contributed by atoms with Crippen LogP contribution < -0.4 is 10.1 Å². The maximum Gasteiger partial charge on any atom is 0.251 e. The predicted molar refractivity (Wildman–Crippen MR) is 80.1 cm³/mol. The number of nitrogens with one attached hydrogen (secondary N) is 1. The number of hydrogen-bond donors (Lipinski definition) is 1. The first-order chi connectivity index (χ1) is 10.1. The quantitative estimate of drug-likeness (QED) is 0.915. The highest BCUT2D eigenvalue weighted by atomic mass is 19.1. The van der Waals surface area contributed by atoms with Gasteiger partial charge in [-0.15, -0.1) is 0 Å². The van der Waals surface area contributed by atoms with Gasteiger partial charge in [-0.05, 0) is 47.9 Å². The van der Waals surface area contributed by atoms with Crippen LogP contribution in [0.3, 0.4) is 0 Å². The number of carbonyl (C=O) groups is 1. The molecule has 4 heteroatoms. The van der Waals surface area contributed by atoms with Crippen LogP contribution >= 0.6 is 0 Å². The smallest absolute Gasteiger partial charge is 0.251 e. The summed E-state index contributed by atoms with van der Waals surface area (Å²) in [7, 11) is 1.58. The lowest BCUT2D eigenvalue weighted by atomic mass is 10.0. The van der Waals surface area contributed by atoms with Gasteiger partial charge in [0.25, 0.3) is 5.91 Å². The van der Waals surface area contributed by atoms with E-state index in [1.165, 1.54) is 12.1 Å². The van der Waals surface area contributed by atoms with Crippen LogP contribution in [0.2, 0.25) is 0 Å². The molecule has 1 atom stereocenters. The molecule has 21 heavy (non-hydrogen) atoms. The molecule has 2 rings (SSSR count). The van der Waals surface area contributed by atoms with E-state index in [2.05, 4.69) is 5.32 Å². The number of benzene rings is 2. The van der Waals surface area contributed by atoms with Gasteiger partial charge in [0.1, 0.15) is 11.6 Å². The van der Waals surface area contributed by atoms with Crippen LogP contribution in [0.15, 0.2) is 48.5 Å². The van der Waals surface area contributed by atoms with Crippen LogP contribution in [-0.4, -0.2) is 19.6 Å². The van der Waals surface area contributed by atoms with E-state index in [0.717, 1.165) is 5.56 Å². The molecule has 0 bridgehead atoms. The molecule has 1 amide bonds. The summed E-state index contributed by atoms with van der Waals surface area (Å²) in [6.45, 7) is 2.48. The van der Waals surface area contributed by atoms with E-state index < -0.39 is 0 Å². The van der Waals surface area contributed by atoms with Crippen LogP contribution in [-0.2, 0) is 0 Å². The predicted octanol–water partition coefficient (Wildman–Crippen LogP) is 3.37. The second-order valence-electron chi connectivity index (χ2n) is 4.89. The van der Waals surface area contributed by atoms with E-state index in [1.807, 2.05) is 6.92 Å². The number of ether oxygens (including phenoxy) is 1. The molecule has 110 valence electrons. The molecule has 0 saturated heterocycles. The first-order valence-corrected chi connectivity index (χ1v) is 6.78. The van der Waals surface area contributed by atoms with Gasteiger partial charge in [0, 0.05) is 12.1 Å². The summed E-state index contributed by atoms with van der Waals surface area (Å²) in [6.07, 6.45) is 0. The first kappa shape index (κ1) is 15.0. The number of hydrogen-bond acceptors (Lipinski definition) is 2. The molecule has 0 aromatic heterocycles. The standard InChI is InChI=1S/C17H18FNO2/c1-12(13-3-7-15(18)8-4-13)11-19-17(20)14-5-9-16(21-2)10-6-14/h3-10,12H,11H2,1-2H3,(H,19,20). The molecule has 0 saturated carbocycles. The SMILES string of the molecule is COc1ccc(C(=O)NCC(C)c2ccc(F)cc2)cc1. The first-order valence-electron chi connectivity index (χ1n) is 6.78. The lowest BCUT2D eigenvalue weighted by molar-refractivity contribution is 0.0951. The van der Waals surface area contributed by atoms with Crippen LogP contribution in [0.1, 0.15) is 28.8 Å². The topological polar surface area (TPSA) is 38.3 Å². The van der Waals surface area contributed by atoms with Gasteiger partial charge in [-0.1, -0.05) is 19.1 Å². The summed E-state index contributed by atoms with van der Waals surface area (Å²) >= 11 is 0. The van der Waals surface area contributed by atoms with Gasteiger partial charge in [0.15, 0.2) is 0 Å². The van der Waals surface area contributed by atoms with E-state index in [4.69, 9.17) is 4.74 Å². The molecule has 2 aromatic rings. The summed E-state index contributed by atoms with van der Waals surface area (Å²) in [4.78, 5) is 12.0. The Morgan fingerprint density at radius 1 is 1.14 bits per heavy atom. The minimum absolute atomic E-state index is 0.118. The molecule has 0 spiro atoms. The third kappa shape index (κ3) is 4.05. The van der Waals surface area contributed by atoms with Crippen molar-refractivity contribution in [2.75, 3.05) is 13.7 Å². The van der Waals surface area contributed by atoms with Crippen molar-refractivity contribution in [3.8, 4) is 5.75 Å². The Hall–Kier alpha value is -2.36. The molecular weight excluding hydrogens is 269 g/mol. The molecule has 0 heterocycles. The maximum atomic E-state index is 12.9. The van der Waals surface area contributed by atoms with Gasteiger partial charge in [0.2, 0.25) is 0 Å². The highest BCUT2D eigenvalue weighted by Gasteiger charge is 2.09. The van der Waals surface area contributed by atoms with Gasteiger partial charge in [-0.3, -0.25) is 4.79 Å². The zero-order chi connectivity index (χ0) is 15.2. The number of amides is 1. The zero-order valence-electron chi connectivity index (χ0n) is 12.1. The summed E-state index contributed by atoms with van der Waals surface area (Å²) < 4.78 is 17.9. The second kappa shape index (κ2) is 6.88. The number of methoxy groups -OCH3 is 1. The Morgan fingerprint density at radius 2 is 1.76 bits per heavy atom. The van der Waals surface area contributed by atoms with Crippen LogP contribution in [0, 0.1) is 5.82 Å². The summed E-state index contributed by atoms with van der Waals surface area (Å²) in [5.41, 5.74) is 1.58. The molecular formula is C17H18FNO2. The zero-order valence-corrected chi connectivity index (χ0v) is 12.1. The summed E-state index contributed by atoms with van der Waals surface area (Å²) in [5.74, 6) is 0.443. The van der Waals surface area contributed by atoms with Gasteiger partial charge in [-0.2, -0.15) is 0 Å². The van der Waals surface area contributed by atoms with E-state index >= 15 is 0 Å². The van der Waals surface area contributed by atoms with Gasteiger partial charge >= 0.3 is 0 Å². The van der Waals surface area contributed by atoms with Crippen molar-refractivity contribution in [2.45, 2.75) is 12.8 Å². The maximum absolute atomic E-state index is 12.9. The Bertz CT molecular complexity index is 593. The summed E-state index contributed by atoms with van der Waals surface area (Å²) in [5, 5.41) is 2.88. The lowest BCUT2D eigenvalue weighted by Crippen LogP contribution is -2.27. The van der Waals surface area contributed by atoms with E-state index in [9.17, 15) is 9.18 Å². The van der Waals surface area contributed by atoms with Crippen molar-refractivity contribution in [2.24, 2.45) is 0 Å². The molecule has 0 aliphatic heterocycles. The molecule has 0 radical (unpaired) electrons. The lowest BCUT2D eigenvalue weighted by Gasteiger charge is -2.13. The van der Waals surface area contributed by atoms with Crippen molar-refractivity contribution in [1.82, 2.24) is 5.32 Å². The Balaban J connectivity index is 1.92. The van der Waals surface area contributed by atoms with E-state index in [-0.39, 0.29) is 17.6 Å². The molecule has 2 aromatic carbocycles. The average molecular weight is 287 g/mol. The fraction of sp³-hybridized carbons (Fsp3) is 0.235. The van der Waals surface area contributed by atoms with Crippen molar-refractivity contribution < 1.29 is 13.9 Å². The van der Waals surface area contributed by atoms with Crippen LogP contribution in [0.4, 0.5) is 4.39 Å².